The van der Waals surface area contributed by atoms with Gasteiger partial charge in [-0.05, 0) is 51.3 Å². The van der Waals surface area contributed by atoms with Gasteiger partial charge >= 0.3 is 11.7 Å². The van der Waals surface area contributed by atoms with Crippen LogP contribution in [-0.2, 0) is 22.5 Å². The maximum absolute atomic E-state index is 12.8. The van der Waals surface area contributed by atoms with Crippen molar-refractivity contribution in [2.45, 2.75) is 58.2 Å². The lowest BCUT2D eigenvalue weighted by Gasteiger charge is -2.26. The van der Waals surface area contributed by atoms with Crippen LogP contribution in [0.2, 0.25) is 5.15 Å². The fourth-order valence-electron chi connectivity index (χ4n) is 2.94. The summed E-state index contributed by atoms with van der Waals surface area (Å²) in [5.41, 5.74) is -0.0768. The molecule has 2 aromatic heterocycles. The number of hydrogen-bond donors (Lipinski definition) is 0. The van der Waals surface area contributed by atoms with Gasteiger partial charge < -0.3 is 4.74 Å². The minimum Gasteiger partial charge on any atom is -0.458 e. The highest BCUT2D eigenvalue weighted by Gasteiger charge is 2.33. The number of aromatic nitrogens is 4. The van der Waals surface area contributed by atoms with Crippen LogP contribution in [-0.4, -0.2) is 30.9 Å². The maximum Gasteiger partial charge on any atom is 0.347 e. The first-order chi connectivity index (χ1) is 11.7. The smallest absolute Gasteiger partial charge is 0.347 e. The summed E-state index contributed by atoms with van der Waals surface area (Å²) in [5.74, 6) is 0.231. The molecule has 1 atom stereocenters. The molecule has 7 nitrogen and oxygen atoms in total. The van der Waals surface area contributed by atoms with Gasteiger partial charge in [-0.2, -0.15) is 5.10 Å². The van der Waals surface area contributed by atoms with Gasteiger partial charge in [0.25, 0.3) is 0 Å². The lowest BCUT2D eigenvalue weighted by atomic mass is 10.0. The van der Waals surface area contributed by atoms with E-state index < -0.39 is 11.6 Å². The van der Waals surface area contributed by atoms with E-state index in [1.807, 2.05) is 20.8 Å². The van der Waals surface area contributed by atoms with Crippen molar-refractivity contribution in [3.05, 3.63) is 45.4 Å². The standard InChI is InChI=1S/C17H21ClN4O3/c1-17(2,3)25-15(23)12-5-4-6-14-20-21(16(24)22(12)14)10-11-7-8-19-13(18)9-11/h7-9,12H,4-6,10H2,1-3H3. The lowest BCUT2D eigenvalue weighted by Crippen LogP contribution is -2.38. The van der Waals surface area contributed by atoms with Crippen LogP contribution in [0.1, 0.15) is 51.0 Å². The highest BCUT2D eigenvalue weighted by molar-refractivity contribution is 6.29. The number of carbonyl (C=O) groups is 1. The van der Waals surface area contributed by atoms with E-state index in [9.17, 15) is 9.59 Å². The maximum atomic E-state index is 12.8. The number of fused-ring (bicyclic) bond motifs is 1. The number of aryl methyl sites for hydroxylation is 1. The van der Waals surface area contributed by atoms with Gasteiger partial charge in [0.05, 0.1) is 6.54 Å². The van der Waals surface area contributed by atoms with Crippen molar-refractivity contribution in [1.82, 2.24) is 19.3 Å². The van der Waals surface area contributed by atoms with Gasteiger partial charge in [-0.15, -0.1) is 0 Å². The van der Waals surface area contributed by atoms with E-state index in [1.54, 1.807) is 18.3 Å². The molecule has 0 saturated heterocycles. The van der Waals surface area contributed by atoms with E-state index in [1.165, 1.54) is 9.25 Å². The molecule has 1 aliphatic heterocycles. The average Bonchev–Trinajstić information content (AvgIpc) is 2.82. The van der Waals surface area contributed by atoms with E-state index in [-0.39, 0.29) is 18.2 Å². The topological polar surface area (TPSA) is 79.0 Å². The van der Waals surface area contributed by atoms with Crippen LogP contribution >= 0.6 is 11.6 Å². The van der Waals surface area contributed by atoms with Crippen molar-refractivity contribution in [1.29, 1.82) is 0 Å². The molecular formula is C17H21ClN4O3. The van der Waals surface area contributed by atoms with E-state index in [4.69, 9.17) is 16.3 Å². The molecule has 3 rings (SSSR count). The number of rotatable bonds is 3. The largest absolute Gasteiger partial charge is 0.458 e. The summed E-state index contributed by atoms with van der Waals surface area (Å²) in [6, 6.07) is 2.85. The van der Waals surface area contributed by atoms with Crippen LogP contribution in [0.3, 0.4) is 0 Å². The molecule has 0 N–H and O–H groups in total. The number of pyridine rings is 1. The molecule has 0 spiro atoms. The third kappa shape index (κ3) is 3.92. The van der Waals surface area contributed by atoms with Crippen molar-refractivity contribution in [3.63, 3.8) is 0 Å². The molecule has 0 fully saturated rings. The lowest BCUT2D eigenvalue weighted by molar-refractivity contribution is -0.159. The third-order valence-electron chi connectivity index (χ3n) is 3.93. The summed E-state index contributed by atoms with van der Waals surface area (Å²) < 4.78 is 8.31. The Morgan fingerprint density at radius 1 is 1.44 bits per heavy atom. The molecule has 0 bridgehead atoms. The third-order valence-corrected chi connectivity index (χ3v) is 4.14. The number of nitrogens with zero attached hydrogens (tertiary/aromatic N) is 4. The molecular weight excluding hydrogens is 344 g/mol. The summed E-state index contributed by atoms with van der Waals surface area (Å²) >= 11 is 5.89. The van der Waals surface area contributed by atoms with Crippen LogP contribution < -0.4 is 5.69 Å². The van der Waals surface area contributed by atoms with Gasteiger partial charge in [-0.1, -0.05) is 11.6 Å². The molecule has 134 valence electrons. The SMILES string of the molecule is CC(C)(C)OC(=O)C1CCCc2nn(Cc3ccnc(Cl)c3)c(=O)n21. The molecule has 2 aromatic rings. The minimum absolute atomic E-state index is 0.280. The van der Waals surface area contributed by atoms with E-state index in [2.05, 4.69) is 10.1 Å². The van der Waals surface area contributed by atoms with Gasteiger partial charge in [0.2, 0.25) is 0 Å². The quantitative estimate of drug-likeness (QED) is 0.617. The number of carbonyl (C=O) groups excluding carboxylic acids is 1. The zero-order chi connectivity index (χ0) is 18.2. The second-order valence-corrected chi connectivity index (χ2v) is 7.54. The van der Waals surface area contributed by atoms with Gasteiger partial charge in [-0.25, -0.2) is 19.3 Å². The molecule has 1 aliphatic rings. The molecule has 0 radical (unpaired) electrons. The first-order valence-electron chi connectivity index (χ1n) is 8.26. The average molecular weight is 365 g/mol. The predicted octanol–water partition coefficient (Wildman–Crippen LogP) is 2.36. The van der Waals surface area contributed by atoms with Crippen LogP contribution in [0.25, 0.3) is 0 Å². The van der Waals surface area contributed by atoms with Crippen molar-refractivity contribution in [2.24, 2.45) is 0 Å². The zero-order valence-electron chi connectivity index (χ0n) is 14.5. The number of ether oxygens (including phenoxy) is 1. The molecule has 25 heavy (non-hydrogen) atoms. The van der Waals surface area contributed by atoms with Gasteiger partial charge in [0.15, 0.2) is 0 Å². The van der Waals surface area contributed by atoms with Crippen LogP contribution in [0.15, 0.2) is 23.1 Å². The molecule has 0 amide bonds. The number of halogens is 1. The Morgan fingerprint density at radius 2 is 2.20 bits per heavy atom. The molecule has 3 heterocycles. The number of hydrogen-bond acceptors (Lipinski definition) is 5. The zero-order valence-corrected chi connectivity index (χ0v) is 15.3. The summed E-state index contributed by atoms with van der Waals surface area (Å²) in [6.07, 6.45) is 3.62. The second kappa shape index (κ2) is 6.63. The van der Waals surface area contributed by atoms with E-state index >= 15 is 0 Å². The van der Waals surface area contributed by atoms with Crippen molar-refractivity contribution in [2.75, 3.05) is 0 Å². The molecule has 0 aliphatic carbocycles. The molecule has 1 unspecified atom stereocenters. The van der Waals surface area contributed by atoms with Crippen LogP contribution in [0.5, 0.6) is 0 Å². The van der Waals surface area contributed by atoms with E-state index in [0.29, 0.717) is 23.8 Å². The summed E-state index contributed by atoms with van der Waals surface area (Å²) in [7, 11) is 0. The molecule has 0 aromatic carbocycles. The fraction of sp³-hybridized carbons (Fsp3) is 0.529. The normalized spacial score (nSPS) is 17.2. The fourth-order valence-corrected chi connectivity index (χ4v) is 3.14. The Kier molecular flexibility index (Phi) is 4.69. The van der Waals surface area contributed by atoms with E-state index in [0.717, 1.165) is 12.0 Å². The molecule has 8 heteroatoms. The Morgan fingerprint density at radius 3 is 2.88 bits per heavy atom. The van der Waals surface area contributed by atoms with Crippen LogP contribution in [0.4, 0.5) is 0 Å². The van der Waals surface area contributed by atoms with Crippen LogP contribution in [0, 0.1) is 0 Å². The summed E-state index contributed by atoms with van der Waals surface area (Å²) in [4.78, 5) is 29.2. The second-order valence-electron chi connectivity index (χ2n) is 7.15. The highest BCUT2D eigenvalue weighted by Crippen LogP contribution is 2.25. The van der Waals surface area contributed by atoms with Crippen molar-refractivity contribution in [3.8, 4) is 0 Å². The van der Waals surface area contributed by atoms with Crippen molar-refractivity contribution >= 4 is 17.6 Å². The van der Waals surface area contributed by atoms with Gasteiger partial charge in [0, 0.05) is 12.6 Å². The van der Waals surface area contributed by atoms with Crippen molar-refractivity contribution < 1.29 is 9.53 Å². The first-order valence-corrected chi connectivity index (χ1v) is 8.64. The Bertz CT molecular complexity index is 850. The first kappa shape index (κ1) is 17.7. The highest BCUT2D eigenvalue weighted by atomic mass is 35.5. The Labute approximate surface area is 150 Å². The van der Waals surface area contributed by atoms with Gasteiger partial charge in [-0.3, -0.25) is 4.57 Å². The van der Waals surface area contributed by atoms with Gasteiger partial charge in [0.1, 0.15) is 22.6 Å². The summed E-state index contributed by atoms with van der Waals surface area (Å²) in [6.45, 7) is 5.72. The minimum atomic E-state index is -0.620. The summed E-state index contributed by atoms with van der Waals surface area (Å²) in [5, 5.41) is 4.76. The monoisotopic (exact) mass is 364 g/mol. The number of esters is 1. The molecule has 0 saturated carbocycles. The Balaban J connectivity index is 1.91. The predicted molar refractivity (Wildman–Crippen MR) is 92.7 cm³/mol. The Hall–Kier alpha value is -2.15.